The third kappa shape index (κ3) is 4.90. The van der Waals surface area contributed by atoms with Crippen LogP contribution in [0, 0.1) is 0 Å². The van der Waals surface area contributed by atoms with E-state index in [1.54, 1.807) is 11.3 Å². The number of hydrogen-bond donors (Lipinski definition) is 1. The van der Waals surface area contributed by atoms with Crippen LogP contribution in [0.1, 0.15) is 12.0 Å². The lowest BCUT2D eigenvalue weighted by molar-refractivity contribution is 0.308. The maximum absolute atomic E-state index is 5.62. The lowest BCUT2D eigenvalue weighted by atomic mass is 10.2. The normalized spacial score (nSPS) is 10.4. The minimum Gasteiger partial charge on any atom is -0.494 e. The molecule has 2 rings (SSSR count). The second kappa shape index (κ2) is 7.90. The Balaban J connectivity index is 1.47. The molecule has 1 N–H and O–H groups in total. The molecule has 18 heavy (non-hydrogen) atoms. The van der Waals surface area contributed by atoms with Crippen molar-refractivity contribution < 1.29 is 4.74 Å². The zero-order chi connectivity index (χ0) is 12.5. The lowest BCUT2D eigenvalue weighted by Gasteiger charge is -2.06. The van der Waals surface area contributed by atoms with Crippen LogP contribution >= 0.6 is 11.3 Å². The van der Waals surface area contributed by atoms with E-state index >= 15 is 0 Å². The Morgan fingerprint density at radius 3 is 2.72 bits per heavy atom. The lowest BCUT2D eigenvalue weighted by Crippen LogP contribution is -2.20. The molecule has 0 saturated carbocycles. The molecule has 0 saturated heterocycles. The Bertz CT molecular complexity index is 413. The molecule has 96 valence electrons. The molecule has 0 spiro atoms. The summed E-state index contributed by atoms with van der Waals surface area (Å²) in [7, 11) is 0. The van der Waals surface area contributed by atoms with E-state index in [9.17, 15) is 0 Å². The van der Waals surface area contributed by atoms with Gasteiger partial charge in [0.15, 0.2) is 0 Å². The molecular formula is C15H19NOS. The van der Waals surface area contributed by atoms with Gasteiger partial charge in [0.1, 0.15) is 5.75 Å². The summed E-state index contributed by atoms with van der Waals surface area (Å²) >= 11 is 1.76. The van der Waals surface area contributed by atoms with E-state index < -0.39 is 0 Å². The van der Waals surface area contributed by atoms with Gasteiger partial charge in [-0.3, -0.25) is 0 Å². The highest BCUT2D eigenvalue weighted by atomic mass is 32.1. The van der Waals surface area contributed by atoms with Crippen LogP contribution in [0.15, 0.2) is 47.2 Å². The highest BCUT2D eigenvalue weighted by molar-refractivity contribution is 7.07. The Morgan fingerprint density at radius 1 is 1.06 bits per heavy atom. The summed E-state index contributed by atoms with van der Waals surface area (Å²) < 4.78 is 5.62. The van der Waals surface area contributed by atoms with E-state index in [-0.39, 0.29) is 0 Å². The zero-order valence-electron chi connectivity index (χ0n) is 10.5. The molecule has 1 heterocycles. The van der Waals surface area contributed by atoms with Gasteiger partial charge in [-0.1, -0.05) is 18.2 Å². The zero-order valence-corrected chi connectivity index (χ0v) is 11.3. The molecule has 1 aromatic carbocycles. The number of rotatable bonds is 8. The van der Waals surface area contributed by atoms with E-state index in [2.05, 4.69) is 22.1 Å². The SMILES string of the molecule is c1ccc(OCCCNCCc2ccsc2)cc1. The van der Waals surface area contributed by atoms with E-state index in [0.29, 0.717) is 0 Å². The summed E-state index contributed by atoms with van der Waals surface area (Å²) in [4.78, 5) is 0. The van der Waals surface area contributed by atoms with E-state index in [4.69, 9.17) is 4.74 Å². The molecule has 0 atom stereocenters. The molecule has 0 aliphatic carbocycles. The molecule has 0 aliphatic rings. The summed E-state index contributed by atoms with van der Waals surface area (Å²) in [5.74, 6) is 0.954. The molecule has 0 radical (unpaired) electrons. The van der Waals surface area contributed by atoms with Gasteiger partial charge in [0.25, 0.3) is 0 Å². The second-order valence-electron chi connectivity index (χ2n) is 4.15. The maximum Gasteiger partial charge on any atom is 0.119 e. The summed E-state index contributed by atoms with van der Waals surface area (Å²) in [6.07, 6.45) is 2.15. The standard InChI is InChI=1S/C15H19NOS/c1-2-5-15(6-3-1)17-11-4-9-16-10-7-14-8-12-18-13-14/h1-3,5-6,8,12-13,16H,4,7,9-11H2. The number of para-hydroxylation sites is 1. The van der Waals surface area contributed by atoms with Crippen molar-refractivity contribution >= 4 is 11.3 Å². The third-order valence-corrected chi connectivity index (χ3v) is 3.41. The van der Waals surface area contributed by atoms with Gasteiger partial charge in [0.2, 0.25) is 0 Å². The van der Waals surface area contributed by atoms with Gasteiger partial charge in [-0.2, -0.15) is 11.3 Å². The van der Waals surface area contributed by atoms with Gasteiger partial charge < -0.3 is 10.1 Å². The molecule has 0 unspecified atom stereocenters. The monoisotopic (exact) mass is 261 g/mol. The van der Waals surface area contributed by atoms with Crippen molar-refractivity contribution in [1.29, 1.82) is 0 Å². The van der Waals surface area contributed by atoms with Gasteiger partial charge >= 0.3 is 0 Å². The molecule has 2 nitrogen and oxygen atoms in total. The molecular weight excluding hydrogens is 242 g/mol. The average molecular weight is 261 g/mol. The van der Waals surface area contributed by atoms with Crippen LogP contribution in [0.3, 0.4) is 0 Å². The van der Waals surface area contributed by atoms with Gasteiger partial charge in [-0.25, -0.2) is 0 Å². The molecule has 0 amide bonds. The first-order valence-electron chi connectivity index (χ1n) is 6.35. The van der Waals surface area contributed by atoms with Crippen molar-refractivity contribution in [2.24, 2.45) is 0 Å². The molecule has 0 fully saturated rings. The van der Waals surface area contributed by atoms with Gasteiger partial charge in [0, 0.05) is 0 Å². The summed E-state index contributed by atoms with van der Waals surface area (Å²) in [5, 5.41) is 7.77. The fourth-order valence-corrected chi connectivity index (χ4v) is 2.40. The fourth-order valence-electron chi connectivity index (χ4n) is 1.70. The Kier molecular flexibility index (Phi) is 5.76. The first-order valence-corrected chi connectivity index (χ1v) is 7.29. The van der Waals surface area contributed by atoms with Crippen molar-refractivity contribution in [1.82, 2.24) is 5.32 Å². The highest BCUT2D eigenvalue weighted by Gasteiger charge is 1.94. The van der Waals surface area contributed by atoms with E-state index in [1.807, 2.05) is 30.3 Å². The van der Waals surface area contributed by atoms with Crippen molar-refractivity contribution in [2.75, 3.05) is 19.7 Å². The predicted molar refractivity (Wildman–Crippen MR) is 77.4 cm³/mol. The second-order valence-corrected chi connectivity index (χ2v) is 4.93. The smallest absolute Gasteiger partial charge is 0.119 e. The molecule has 3 heteroatoms. The number of ether oxygens (including phenoxy) is 1. The number of benzene rings is 1. The summed E-state index contributed by atoms with van der Waals surface area (Å²) in [6.45, 7) is 2.83. The fraction of sp³-hybridized carbons (Fsp3) is 0.333. The molecule has 0 bridgehead atoms. The summed E-state index contributed by atoms with van der Waals surface area (Å²) in [6, 6.07) is 12.2. The largest absolute Gasteiger partial charge is 0.494 e. The van der Waals surface area contributed by atoms with Crippen LogP contribution in [0.25, 0.3) is 0 Å². The van der Waals surface area contributed by atoms with Crippen molar-refractivity contribution in [3.05, 3.63) is 52.7 Å². The minimum absolute atomic E-state index is 0.773. The van der Waals surface area contributed by atoms with Gasteiger partial charge in [-0.15, -0.1) is 0 Å². The number of thiophene rings is 1. The van der Waals surface area contributed by atoms with Crippen molar-refractivity contribution in [2.45, 2.75) is 12.8 Å². The number of nitrogens with one attached hydrogen (secondary N) is 1. The van der Waals surface area contributed by atoms with Gasteiger partial charge in [0.05, 0.1) is 6.61 Å². The predicted octanol–water partition coefficient (Wildman–Crippen LogP) is 3.35. The Labute approximate surface area is 113 Å². The van der Waals surface area contributed by atoms with Crippen LogP contribution in [-0.4, -0.2) is 19.7 Å². The Morgan fingerprint density at radius 2 is 1.94 bits per heavy atom. The average Bonchev–Trinajstić information content (AvgIpc) is 2.92. The Hall–Kier alpha value is -1.32. The van der Waals surface area contributed by atoms with Crippen LogP contribution in [0.4, 0.5) is 0 Å². The van der Waals surface area contributed by atoms with Crippen LogP contribution in [-0.2, 0) is 6.42 Å². The third-order valence-electron chi connectivity index (χ3n) is 2.68. The quantitative estimate of drug-likeness (QED) is 0.736. The molecule has 2 aromatic rings. The molecule has 1 aromatic heterocycles. The first-order chi connectivity index (χ1) is 8.95. The highest BCUT2D eigenvalue weighted by Crippen LogP contribution is 2.08. The van der Waals surface area contributed by atoms with Crippen LogP contribution in [0.5, 0.6) is 5.75 Å². The number of hydrogen-bond acceptors (Lipinski definition) is 3. The van der Waals surface area contributed by atoms with Gasteiger partial charge in [-0.05, 0) is 60.5 Å². The van der Waals surface area contributed by atoms with E-state index in [1.165, 1.54) is 5.56 Å². The van der Waals surface area contributed by atoms with Crippen molar-refractivity contribution in [3.8, 4) is 5.75 Å². The van der Waals surface area contributed by atoms with E-state index in [0.717, 1.165) is 38.3 Å². The topological polar surface area (TPSA) is 21.3 Å². The maximum atomic E-state index is 5.62. The molecule has 0 aliphatic heterocycles. The van der Waals surface area contributed by atoms with Crippen LogP contribution < -0.4 is 10.1 Å². The van der Waals surface area contributed by atoms with Crippen molar-refractivity contribution in [3.63, 3.8) is 0 Å². The van der Waals surface area contributed by atoms with Crippen LogP contribution in [0.2, 0.25) is 0 Å². The summed E-state index contributed by atoms with van der Waals surface area (Å²) in [5.41, 5.74) is 1.42. The minimum atomic E-state index is 0.773. The first kappa shape index (κ1) is 13.1.